The normalized spacial score (nSPS) is 10.2. The number of benzene rings is 1. The van der Waals surface area contributed by atoms with Gasteiger partial charge in [0.15, 0.2) is 5.78 Å². The molecule has 0 atom stereocenters. The first-order valence-corrected chi connectivity index (χ1v) is 5.28. The van der Waals surface area contributed by atoms with Gasteiger partial charge in [-0.3, -0.25) is 9.36 Å². The first kappa shape index (κ1) is 11.3. The largest absolute Gasteiger partial charge is 0.347 e. The maximum atomic E-state index is 11.9. The summed E-state index contributed by atoms with van der Waals surface area (Å²) in [6, 6.07) is 8.94. The van der Waals surface area contributed by atoms with Gasteiger partial charge in [-0.25, -0.2) is 9.78 Å². The number of hydrogen-bond donors (Lipinski definition) is 0. The first-order valence-electron chi connectivity index (χ1n) is 5.28. The van der Waals surface area contributed by atoms with Crippen molar-refractivity contribution < 1.29 is 4.79 Å². The summed E-state index contributed by atoms with van der Waals surface area (Å²) in [6.07, 6.45) is 2.97. The number of ketones is 1. The van der Waals surface area contributed by atoms with Crippen LogP contribution in [0.2, 0.25) is 0 Å². The van der Waals surface area contributed by atoms with E-state index in [0.717, 1.165) is 5.56 Å². The van der Waals surface area contributed by atoms with Crippen molar-refractivity contribution in [1.82, 2.24) is 9.55 Å². The smallest absolute Gasteiger partial charge is 0.292 e. The number of rotatable bonds is 3. The summed E-state index contributed by atoms with van der Waals surface area (Å²) in [4.78, 5) is 26.9. The number of aryl methyl sites for hydroxylation is 1. The van der Waals surface area contributed by atoms with Crippen LogP contribution in [-0.4, -0.2) is 15.3 Å². The van der Waals surface area contributed by atoms with Gasteiger partial charge in [0.25, 0.3) is 0 Å². The van der Waals surface area contributed by atoms with Crippen molar-refractivity contribution in [3.8, 4) is 0 Å². The maximum absolute atomic E-state index is 11.9. The molecular weight excluding hydrogens is 216 g/mol. The lowest BCUT2D eigenvalue weighted by Crippen LogP contribution is -2.25. The molecule has 0 radical (unpaired) electrons. The van der Waals surface area contributed by atoms with Crippen molar-refractivity contribution in [2.45, 2.75) is 13.5 Å². The number of hydrogen-bond acceptors (Lipinski definition) is 3. The van der Waals surface area contributed by atoms with Gasteiger partial charge in [-0.2, -0.15) is 0 Å². The fourth-order valence-electron chi connectivity index (χ4n) is 1.57. The van der Waals surface area contributed by atoms with Crippen molar-refractivity contribution in [3.05, 3.63) is 64.3 Å². The molecule has 1 aromatic heterocycles. The van der Waals surface area contributed by atoms with Crippen LogP contribution in [0, 0.1) is 6.92 Å². The lowest BCUT2D eigenvalue weighted by atomic mass is 10.1. The van der Waals surface area contributed by atoms with E-state index in [1.807, 2.05) is 25.1 Å². The Labute approximate surface area is 98.6 Å². The summed E-state index contributed by atoms with van der Waals surface area (Å²) < 4.78 is 1.30. The number of Topliss-reactive ketones (excluding diaryl/α,β-unsaturated/α-hetero) is 1. The second kappa shape index (κ2) is 4.74. The van der Waals surface area contributed by atoms with Crippen molar-refractivity contribution in [3.63, 3.8) is 0 Å². The highest BCUT2D eigenvalue weighted by molar-refractivity contribution is 5.96. The third-order valence-electron chi connectivity index (χ3n) is 2.44. The fourth-order valence-corrected chi connectivity index (χ4v) is 1.57. The van der Waals surface area contributed by atoms with E-state index in [2.05, 4.69) is 4.98 Å². The standard InChI is InChI=1S/C13H12N2O2/c1-10-4-2-5-11(8-10)12(16)9-15-7-3-6-14-13(15)17/h2-8H,9H2,1H3. The zero-order valence-corrected chi connectivity index (χ0v) is 9.46. The van der Waals surface area contributed by atoms with E-state index in [1.54, 1.807) is 18.3 Å². The topological polar surface area (TPSA) is 52.0 Å². The average Bonchev–Trinajstić information content (AvgIpc) is 2.32. The Morgan fingerprint density at radius 1 is 1.35 bits per heavy atom. The van der Waals surface area contributed by atoms with Gasteiger partial charge in [-0.15, -0.1) is 0 Å². The fraction of sp³-hybridized carbons (Fsp3) is 0.154. The molecule has 0 saturated carbocycles. The molecule has 0 amide bonds. The van der Waals surface area contributed by atoms with E-state index in [1.165, 1.54) is 10.8 Å². The lowest BCUT2D eigenvalue weighted by Gasteiger charge is -2.04. The van der Waals surface area contributed by atoms with E-state index >= 15 is 0 Å². The van der Waals surface area contributed by atoms with Crippen LogP contribution in [0.1, 0.15) is 15.9 Å². The molecular formula is C13H12N2O2. The van der Waals surface area contributed by atoms with Crippen molar-refractivity contribution in [2.24, 2.45) is 0 Å². The quantitative estimate of drug-likeness (QED) is 0.747. The second-order valence-corrected chi connectivity index (χ2v) is 3.82. The molecule has 0 aliphatic heterocycles. The highest BCUT2D eigenvalue weighted by Gasteiger charge is 2.07. The van der Waals surface area contributed by atoms with E-state index in [0.29, 0.717) is 5.56 Å². The molecule has 4 nitrogen and oxygen atoms in total. The third-order valence-corrected chi connectivity index (χ3v) is 2.44. The van der Waals surface area contributed by atoms with E-state index in [-0.39, 0.29) is 12.3 Å². The van der Waals surface area contributed by atoms with Crippen LogP contribution in [0.3, 0.4) is 0 Å². The Bertz CT molecular complexity index is 602. The predicted octanol–water partition coefficient (Wildman–Crippen LogP) is 1.43. The van der Waals surface area contributed by atoms with Crippen molar-refractivity contribution >= 4 is 5.78 Å². The molecule has 0 unspecified atom stereocenters. The van der Waals surface area contributed by atoms with Crippen LogP contribution in [0.5, 0.6) is 0 Å². The van der Waals surface area contributed by atoms with Gasteiger partial charge in [0.2, 0.25) is 0 Å². The average molecular weight is 228 g/mol. The number of carbonyl (C=O) groups is 1. The van der Waals surface area contributed by atoms with Gasteiger partial charge in [-0.05, 0) is 19.1 Å². The van der Waals surface area contributed by atoms with Gasteiger partial charge >= 0.3 is 5.69 Å². The van der Waals surface area contributed by atoms with E-state index < -0.39 is 5.69 Å². The monoisotopic (exact) mass is 228 g/mol. The zero-order chi connectivity index (χ0) is 12.3. The Morgan fingerprint density at radius 3 is 2.88 bits per heavy atom. The van der Waals surface area contributed by atoms with Gasteiger partial charge < -0.3 is 0 Å². The number of aromatic nitrogens is 2. The molecule has 0 N–H and O–H groups in total. The van der Waals surface area contributed by atoms with Crippen molar-refractivity contribution in [1.29, 1.82) is 0 Å². The minimum absolute atomic E-state index is 0.0239. The van der Waals surface area contributed by atoms with E-state index in [9.17, 15) is 9.59 Å². The highest BCUT2D eigenvalue weighted by atomic mass is 16.2. The SMILES string of the molecule is Cc1cccc(C(=O)Cn2cccnc2=O)c1. The maximum Gasteiger partial charge on any atom is 0.347 e. The summed E-state index contributed by atoms with van der Waals surface area (Å²) in [6.45, 7) is 1.95. The summed E-state index contributed by atoms with van der Waals surface area (Å²) in [5.41, 5.74) is 1.23. The molecule has 1 aromatic carbocycles. The summed E-state index contributed by atoms with van der Waals surface area (Å²) in [5, 5.41) is 0. The Hall–Kier alpha value is -2.23. The van der Waals surface area contributed by atoms with Gasteiger partial charge in [0.05, 0.1) is 6.54 Å². The van der Waals surface area contributed by atoms with Crippen LogP contribution in [0.4, 0.5) is 0 Å². The van der Waals surface area contributed by atoms with Crippen LogP contribution >= 0.6 is 0 Å². The highest BCUT2D eigenvalue weighted by Crippen LogP contribution is 2.05. The third kappa shape index (κ3) is 2.66. The molecule has 0 bridgehead atoms. The first-order chi connectivity index (χ1) is 8.16. The van der Waals surface area contributed by atoms with Crippen molar-refractivity contribution in [2.75, 3.05) is 0 Å². The Balaban J connectivity index is 2.23. The molecule has 0 fully saturated rings. The number of carbonyl (C=O) groups excluding carboxylic acids is 1. The summed E-state index contributed by atoms with van der Waals surface area (Å²) in [7, 11) is 0. The van der Waals surface area contributed by atoms with E-state index in [4.69, 9.17) is 0 Å². The molecule has 0 saturated heterocycles. The molecule has 0 aliphatic rings. The van der Waals surface area contributed by atoms with Crippen LogP contribution < -0.4 is 5.69 Å². The molecule has 17 heavy (non-hydrogen) atoms. The lowest BCUT2D eigenvalue weighted by molar-refractivity contribution is 0.0970. The number of nitrogens with zero attached hydrogens (tertiary/aromatic N) is 2. The van der Waals surface area contributed by atoms with Crippen LogP contribution in [-0.2, 0) is 6.54 Å². The molecule has 86 valence electrons. The molecule has 4 heteroatoms. The Morgan fingerprint density at radius 2 is 2.18 bits per heavy atom. The molecule has 2 rings (SSSR count). The summed E-state index contributed by atoms with van der Waals surface area (Å²) in [5.74, 6) is -0.0937. The van der Waals surface area contributed by atoms with Gasteiger partial charge in [0.1, 0.15) is 0 Å². The second-order valence-electron chi connectivity index (χ2n) is 3.82. The molecule has 2 aromatic rings. The van der Waals surface area contributed by atoms with Gasteiger partial charge in [0, 0.05) is 18.0 Å². The molecule has 1 heterocycles. The summed E-state index contributed by atoms with van der Waals surface area (Å²) >= 11 is 0. The van der Waals surface area contributed by atoms with Gasteiger partial charge in [-0.1, -0.05) is 23.8 Å². The predicted molar refractivity (Wildman–Crippen MR) is 64.0 cm³/mol. The minimum atomic E-state index is -0.409. The minimum Gasteiger partial charge on any atom is -0.292 e. The molecule has 0 spiro atoms. The Kier molecular flexibility index (Phi) is 3.14. The van der Waals surface area contributed by atoms with Crippen LogP contribution in [0.15, 0.2) is 47.5 Å². The van der Waals surface area contributed by atoms with Crippen LogP contribution in [0.25, 0.3) is 0 Å². The molecule has 0 aliphatic carbocycles. The zero-order valence-electron chi connectivity index (χ0n) is 9.46.